The highest BCUT2D eigenvalue weighted by molar-refractivity contribution is 5.76. The van der Waals surface area contributed by atoms with Crippen molar-refractivity contribution in [3.63, 3.8) is 0 Å². The van der Waals surface area contributed by atoms with E-state index in [0.717, 1.165) is 6.42 Å². The molecule has 0 aliphatic carbocycles. The Hall–Kier alpha value is -3.02. The average molecular weight is 323 g/mol. The molecule has 6 nitrogen and oxygen atoms in total. The second kappa shape index (κ2) is 7.04. The van der Waals surface area contributed by atoms with Crippen LogP contribution in [0.15, 0.2) is 53.3 Å². The van der Waals surface area contributed by atoms with E-state index in [4.69, 9.17) is 4.74 Å². The maximum absolute atomic E-state index is 12.3. The monoisotopic (exact) mass is 323 g/mol. The number of aromatic nitrogens is 3. The predicted molar refractivity (Wildman–Crippen MR) is 89.9 cm³/mol. The van der Waals surface area contributed by atoms with Crippen LogP contribution in [0.25, 0.3) is 10.9 Å². The van der Waals surface area contributed by atoms with E-state index in [1.165, 1.54) is 10.2 Å². The number of fused-ring (bicyclic) bond motifs is 1. The van der Waals surface area contributed by atoms with Crippen molar-refractivity contribution in [2.45, 2.75) is 26.3 Å². The number of hydrogen-bond donors (Lipinski definition) is 0. The number of carbonyl (C=O) groups excluding carboxylic acids is 1. The second-order valence-electron chi connectivity index (χ2n) is 5.36. The molecule has 0 N–H and O–H groups in total. The van der Waals surface area contributed by atoms with E-state index in [9.17, 15) is 9.59 Å². The molecule has 0 amide bonds. The summed E-state index contributed by atoms with van der Waals surface area (Å²) in [5.74, 6) is 0.0789. The molecule has 3 aromatic rings. The van der Waals surface area contributed by atoms with Gasteiger partial charge >= 0.3 is 5.97 Å². The number of nitrogens with zero attached hydrogens (tertiary/aromatic N) is 3. The van der Waals surface area contributed by atoms with Gasteiger partial charge in [0.25, 0.3) is 5.56 Å². The molecule has 1 aromatic heterocycles. The lowest BCUT2D eigenvalue weighted by molar-refractivity contribution is -0.134. The Morgan fingerprint density at radius 1 is 1.12 bits per heavy atom. The van der Waals surface area contributed by atoms with Crippen LogP contribution < -0.4 is 10.3 Å². The van der Waals surface area contributed by atoms with Crippen LogP contribution in [0.3, 0.4) is 0 Å². The molecule has 6 heteroatoms. The van der Waals surface area contributed by atoms with Crippen LogP contribution in [0.5, 0.6) is 5.75 Å². The smallest absolute Gasteiger partial charge is 0.313 e. The van der Waals surface area contributed by atoms with Crippen molar-refractivity contribution < 1.29 is 9.53 Å². The van der Waals surface area contributed by atoms with Gasteiger partial charge in [-0.25, -0.2) is 4.68 Å². The summed E-state index contributed by atoms with van der Waals surface area (Å²) in [6.45, 7) is 2.19. The largest absolute Gasteiger partial charge is 0.426 e. The number of hydrogen-bond acceptors (Lipinski definition) is 5. The van der Waals surface area contributed by atoms with Crippen molar-refractivity contribution in [2.75, 3.05) is 0 Å². The molecule has 122 valence electrons. The van der Waals surface area contributed by atoms with Gasteiger partial charge in [0, 0.05) is 0 Å². The molecule has 0 unspecified atom stereocenters. The van der Waals surface area contributed by atoms with E-state index in [0.29, 0.717) is 16.7 Å². The lowest BCUT2D eigenvalue weighted by Crippen LogP contribution is -2.26. The van der Waals surface area contributed by atoms with Crippen LogP contribution in [-0.2, 0) is 17.8 Å². The van der Waals surface area contributed by atoms with Gasteiger partial charge < -0.3 is 4.74 Å². The normalized spacial score (nSPS) is 10.7. The molecule has 0 saturated carbocycles. The third-order valence-electron chi connectivity index (χ3n) is 3.72. The molecule has 0 fully saturated rings. The highest BCUT2D eigenvalue weighted by Crippen LogP contribution is 2.13. The zero-order chi connectivity index (χ0) is 16.9. The van der Waals surface area contributed by atoms with Gasteiger partial charge in [-0.1, -0.05) is 36.4 Å². The first kappa shape index (κ1) is 15.9. The van der Waals surface area contributed by atoms with Crippen molar-refractivity contribution >= 4 is 16.9 Å². The summed E-state index contributed by atoms with van der Waals surface area (Å²) < 4.78 is 6.44. The molecule has 0 aliphatic rings. The lowest BCUT2D eigenvalue weighted by Gasteiger charge is -2.06. The fourth-order valence-corrected chi connectivity index (χ4v) is 2.34. The van der Waals surface area contributed by atoms with Crippen LogP contribution in [0.1, 0.15) is 18.9 Å². The Balaban J connectivity index is 1.65. The average Bonchev–Trinajstić information content (AvgIpc) is 2.62. The number of carbonyl (C=O) groups is 1. The summed E-state index contributed by atoms with van der Waals surface area (Å²) in [6, 6.07) is 14.3. The fraction of sp³-hybridized carbons (Fsp3) is 0.222. The summed E-state index contributed by atoms with van der Waals surface area (Å²) in [4.78, 5) is 24.2. The Morgan fingerprint density at radius 3 is 2.62 bits per heavy atom. The topological polar surface area (TPSA) is 74.1 Å². The SMILES string of the molecule is CCc1ccc(OC(=O)CCn2nnc3ccccc3c2=O)cc1. The summed E-state index contributed by atoms with van der Waals surface area (Å²) >= 11 is 0. The van der Waals surface area contributed by atoms with Crippen molar-refractivity contribution in [2.24, 2.45) is 0 Å². The summed E-state index contributed by atoms with van der Waals surface area (Å²) in [5.41, 5.74) is 1.45. The summed E-state index contributed by atoms with van der Waals surface area (Å²) in [7, 11) is 0. The van der Waals surface area contributed by atoms with Gasteiger partial charge in [0.05, 0.1) is 18.4 Å². The molecule has 0 aliphatic heterocycles. The first-order chi connectivity index (χ1) is 11.7. The summed E-state index contributed by atoms with van der Waals surface area (Å²) in [6.07, 6.45) is 0.972. The zero-order valence-corrected chi connectivity index (χ0v) is 13.3. The van der Waals surface area contributed by atoms with Gasteiger partial charge in [-0.15, -0.1) is 5.10 Å². The van der Waals surface area contributed by atoms with Gasteiger partial charge in [0.2, 0.25) is 0 Å². The first-order valence-electron chi connectivity index (χ1n) is 7.79. The van der Waals surface area contributed by atoms with Crippen molar-refractivity contribution in [1.29, 1.82) is 0 Å². The second-order valence-corrected chi connectivity index (χ2v) is 5.36. The standard InChI is InChI=1S/C18H17N3O3/c1-2-13-7-9-14(10-8-13)24-17(22)11-12-21-18(23)15-5-3-4-6-16(15)19-20-21/h3-10H,2,11-12H2,1H3. The van der Waals surface area contributed by atoms with E-state index in [-0.39, 0.29) is 18.5 Å². The van der Waals surface area contributed by atoms with E-state index in [2.05, 4.69) is 17.2 Å². The fourth-order valence-electron chi connectivity index (χ4n) is 2.34. The maximum atomic E-state index is 12.3. The maximum Gasteiger partial charge on any atom is 0.313 e. The third kappa shape index (κ3) is 3.48. The van der Waals surface area contributed by atoms with Gasteiger partial charge in [0.1, 0.15) is 11.3 Å². The van der Waals surface area contributed by atoms with Crippen molar-refractivity contribution in [3.05, 3.63) is 64.4 Å². The molecule has 0 saturated heterocycles. The minimum absolute atomic E-state index is 0.0441. The predicted octanol–water partition coefficient (Wildman–Crippen LogP) is 2.35. The van der Waals surface area contributed by atoms with Gasteiger partial charge in [0.15, 0.2) is 0 Å². The van der Waals surface area contributed by atoms with Crippen LogP contribution >= 0.6 is 0 Å². The molecule has 1 heterocycles. The highest BCUT2D eigenvalue weighted by atomic mass is 16.5. The molecule has 2 aromatic carbocycles. The number of benzene rings is 2. The van der Waals surface area contributed by atoms with Crippen molar-refractivity contribution in [3.8, 4) is 5.75 Å². The Bertz CT molecular complexity index is 917. The molecule has 24 heavy (non-hydrogen) atoms. The molecule has 3 rings (SSSR count). The van der Waals surface area contributed by atoms with E-state index in [1.54, 1.807) is 36.4 Å². The first-order valence-corrected chi connectivity index (χ1v) is 7.79. The number of rotatable bonds is 5. The molecule has 0 spiro atoms. The minimum Gasteiger partial charge on any atom is -0.426 e. The van der Waals surface area contributed by atoms with E-state index in [1.807, 2.05) is 12.1 Å². The molecular weight excluding hydrogens is 306 g/mol. The highest BCUT2D eigenvalue weighted by Gasteiger charge is 2.09. The summed E-state index contributed by atoms with van der Waals surface area (Å²) in [5, 5.41) is 8.32. The van der Waals surface area contributed by atoms with Gasteiger partial charge in [-0.3, -0.25) is 9.59 Å². The van der Waals surface area contributed by atoms with E-state index >= 15 is 0 Å². The van der Waals surface area contributed by atoms with Crippen LogP contribution in [0.2, 0.25) is 0 Å². The third-order valence-corrected chi connectivity index (χ3v) is 3.72. The van der Waals surface area contributed by atoms with Crippen LogP contribution in [0.4, 0.5) is 0 Å². The van der Waals surface area contributed by atoms with Crippen LogP contribution in [-0.4, -0.2) is 21.0 Å². The number of ether oxygens (including phenoxy) is 1. The minimum atomic E-state index is -0.416. The molecule has 0 bridgehead atoms. The van der Waals surface area contributed by atoms with Crippen LogP contribution in [0, 0.1) is 0 Å². The van der Waals surface area contributed by atoms with Gasteiger partial charge in [-0.2, -0.15) is 0 Å². The van der Waals surface area contributed by atoms with E-state index < -0.39 is 5.97 Å². The lowest BCUT2D eigenvalue weighted by atomic mass is 10.2. The Kier molecular flexibility index (Phi) is 4.65. The number of esters is 1. The zero-order valence-electron chi connectivity index (χ0n) is 13.3. The van der Waals surface area contributed by atoms with Crippen molar-refractivity contribution in [1.82, 2.24) is 15.0 Å². The quantitative estimate of drug-likeness (QED) is 0.532. The molecular formula is C18H17N3O3. The Labute approximate surface area is 138 Å². The van der Waals surface area contributed by atoms with Gasteiger partial charge in [-0.05, 0) is 36.2 Å². The number of aryl methyl sites for hydroxylation is 2. The molecule has 0 radical (unpaired) electrons. The molecule has 0 atom stereocenters. The Morgan fingerprint density at radius 2 is 1.88 bits per heavy atom.